The van der Waals surface area contributed by atoms with E-state index in [-0.39, 0.29) is 39.1 Å². The molecule has 0 aromatic heterocycles. The Labute approximate surface area is 240 Å². The van der Waals surface area contributed by atoms with Crippen LogP contribution in [0.25, 0.3) is 0 Å². The molecule has 3 rings (SSSR count). The van der Waals surface area contributed by atoms with Crippen LogP contribution in [0, 0.1) is 6.92 Å². The molecular weight excluding hydrogens is 557 g/mol. The minimum absolute atomic E-state index is 0.00331. The molecule has 0 spiro atoms. The van der Waals surface area contributed by atoms with E-state index in [1.54, 1.807) is 18.2 Å². The van der Waals surface area contributed by atoms with Crippen molar-refractivity contribution in [2.45, 2.75) is 57.6 Å². The number of nitrogens with zero attached hydrogens (tertiary/aromatic N) is 2. The average Bonchev–Trinajstić information content (AvgIpc) is 2.87. The Morgan fingerprint density at radius 1 is 0.923 bits per heavy atom. The molecule has 0 saturated carbocycles. The first-order valence-corrected chi connectivity index (χ1v) is 14.8. The van der Waals surface area contributed by atoms with Crippen molar-refractivity contribution in [2.75, 3.05) is 10.8 Å². The number of nitrogens with one attached hydrogen (secondary N) is 1. The first kappa shape index (κ1) is 30.5. The third kappa shape index (κ3) is 7.97. The Balaban J connectivity index is 2.08. The quantitative estimate of drug-likeness (QED) is 0.305. The topological polar surface area (TPSA) is 86.8 Å². The van der Waals surface area contributed by atoms with Crippen molar-refractivity contribution in [1.82, 2.24) is 10.2 Å². The van der Waals surface area contributed by atoms with Gasteiger partial charge in [-0.05, 0) is 63.1 Å². The number of aryl methyl sites for hydroxylation is 1. The third-order valence-corrected chi connectivity index (χ3v) is 8.26. The van der Waals surface area contributed by atoms with Gasteiger partial charge in [0.05, 0.1) is 10.6 Å². The average molecular weight is 591 g/mol. The molecule has 0 bridgehead atoms. The maximum atomic E-state index is 14.0. The summed E-state index contributed by atoms with van der Waals surface area (Å²) in [6.45, 7) is 7.01. The van der Waals surface area contributed by atoms with Gasteiger partial charge >= 0.3 is 0 Å². The molecular formula is C29H33Cl2N3O4S. The van der Waals surface area contributed by atoms with Gasteiger partial charge in [0.1, 0.15) is 12.6 Å². The van der Waals surface area contributed by atoms with Crippen molar-refractivity contribution in [2.24, 2.45) is 0 Å². The van der Waals surface area contributed by atoms with Gasteiger partial charge in [0.2, 0.25) is 11.8 Å². The van der Waals surface area contributed by atoms with E-state index in [9.17, 15) is 18.0 Å². The molecule has 0 aliphatic heterocycles. The Kier molecular flexibility index (Phi) is 10.4. The lowest BCUT2D eigenvalue weighted by molar-refractivity contribution is -0.140. The van der Waals surface area contributed by atoms with Crippen LogP contribution in [0.1, 0.15) is 38.3 Å². The Hall–Kier alpha value is -3.07. The van der Waals surface area contributed by atoms with Crippen molar-refractivity contribution >= 4 is 50.7 Å². The van der Waals surface area contributed by atoms with Gasteiger partial charge in [0.15, 0.2) is 0 Å². The smallest absolute Gasteiger partial charge is 0.264 e. The number of benzene rings is 3. The van der Waals surface area contributed by atoms with Gasteiger partial charge in [-0.1, -0.05) is 78.2 Å². The zero-order valence-corrected chi connectivity index (χ0v) is 24.7. The first-order chi connectivity index (χ1) is 18.4. The molecule has 0 radical (unpaired) electrons. The molecule has 7 nitrogen and oxygen atoms in total. The maximum Gasteiger partial charge on any atom is 0.264 e. The van der Waals surface area contributed by atoms with E-state index in [0.29, 0.717) is 6.42 Å². The van der Waals surface area contributed by atoms with E-state index >= 15 is 0 Å². The summed E-state index contributed by atoms with van der Waals surface area (Å²) in [4.78, 5) is 28.6. The van der Waals surface area contributed by atoms with Crippen LogP contribution in [0.3, 0.4) is 0 Å². The van der Waals surface area contributed by atoms with Crippen LogP contribution >= 0.6 is 23.2 Å². The zero-order valence-electron chi connectivity index (χ0n) is 22.4. The van der Waals surface area contributed by atoms with Crippen molar-refractivity contribution in [3.63, 3.8) is 0 Å². The zero-order chi connectivity index (χ0) is 28.7. The molecule has 1 atom stereocenters. The Morgan fingerprint density at radius 3 is 2.05 bits per heavy atom. The van der Waals surface area contributed by atoms with Crippen LogP contribution in [0.5, 0.6) is 0 Å². The van der Waals surface area contributed by atoms with Crippen LogP contribution in [-0.2, 0) is 26.2 Å². The molecule has 39 heavy (non-hydrogen) atoms. The molecule has 208 valence electrons. The summed E-state index contributed by atoms with van der Waals surface area (Å²) in [5.74, 6) is -0.854. The maximum absolute atomic E-state index is 14.0. The molecule has 0 fully saturated rings. The lowest BCUT2D eigenvalue weighted by atomic mass is 10.1. The normalized spacial score (nSPS) is 12.2. The predicted octanol–water partition coefficient (Wildman–Crippen LogP) is 5.83. The lowest BCUT2D eigenvalue weighted by Gasteiger charge is -2.33. The SMILES string of the molecule is CC[C@@H](C(=O)NC(C)C)N(Cc1ccc(C)cc1)C(=O)CN(c1cc(Cl)cc(Cl)c1)S(=O)(=O)c1ccccc1. The number of sulfonamides is 1. The van der Waals surface area contributed by atoms with Crippen LogP contribution in [-0.4, -0.2) is 43.8 Å². The minimum atomic E-state index is -4.20. The number of carbonyl (C=O) groups is 2. The van der Waals surface area contributed by atoms with Gasteiger partial charge in [-0.2, -0.15) is 0 Å². The molecule has 3 aromatic carbocycles. The van der Waals surface area contributed by atoms with Crippen molar-refractivity contribution in [1.29, 1.82) is 0 Å². The molecule has 0 saturated heterocycles. The number of amides is 2. The lowest BCUT2D eigenvalue weighted by Crippen LogP contribution is -2.53. The van der Waals surface area contributed by atoms with Gasteiger partial charge in [0.25, 0.3) is 10.0 Å². The molecule has 0 aliphatic carbocycles. The van der Waals surface area contributed by atoms with Gasteiger partial charge in [0, 0.05) is 22.6 Å². The number of hydrogen-bond donors (Lipinski definition) is 1. The minimum Gasteiger partial charge on any atom is -0.352 e. The van der Waals surface area contributed by atoms with Crippen LogP contribution in [0.4, 0.5) is 5.69 Å². The van der Waals surface area contributed by atoms with E-state index in [2.05, 4.69) is 5.32 Å². The van der Waals surface area contributed by atoms with Crippen LogP contribution in [0.2, 0.25) is 10.0 Å². The summed E-state index contributed by atoms with van der Waals surface area (Å²) in [6, 6.07) is 18.8. The highest BCUT2D eigenvalue weighted by Gasteiger charge is 2.34. The molecule has 3 aromatic rings. The van der Waals surface area contributed by atoms with E-state index in [0.717, 1.165) is 15.4 Å². The molecule has 0 heterocycles. The summed E-state index contributed by atoms with van der Waals surface area (Å²) in [5.41, 5.74) is 2.01. The van der Waals surface area contributed by atoms with E-state index < -0.39 is 28.5 Å². The highest BCUT2D eigenvalue weighted by atomic mass is 35.5. The Bertz CT molecular complexity index is 1380. The van der Waals surface area contributed by atoms with E-state index in [1.807, 2.05) is 52.0 Å². The van der Waals surface area contributed by atoms with Crippen molar-refractivity contribution in [3.05, 3.63) is 94.0 Å². The fourth-order valence-electron chi connectivity index (χ4n) is 4.12. The van der Waals surface area contributed by atoms with Crippen LogP contribution in [0.15, 0.2) is 77.7 Å². The third-order valence-electron chi connectivity index (χ3n) is 6.04. The summed E-state index contributed by atoms with van der Waals surface area (Å²) in [7, 11) is -4.20. The molecule has 2 amide bonds. The highest BCUT2D eigenvalue weighted by molar-refractivity contribution is 7.92. The van der Waals surface area contributed by atoms with Gasteiger partial charge in [-0.3, -0.25) is 13.9 Å². The largest absolute Gasteiger partial charge is 0.352 e. The summed E-state index contributed by atoms with van der Waals surface area (Å²) in [5, 5.41) is 3.32. The second kappa shape index (κ2) is 13.3. The second-order valence-corrected chi connectivity index (χ2v) is 12.3. The fourth-order valence-corrected chi connectivity index (χ4v) is 6.06. The first-order valence-electron chi connectivity index (χ1n) is 12.6. The standard InChI is InChI=1S/C29H33Cl2N3O4S/c1-5-27(29(36)32-20(2)3)33(18-22-13-11-21(4)12-14-22)28(35)19-34(25-16-23(30)15-24(31)17-25)39(37,38)26-9-7-6-8-10-26/h6-17,20,27H,5,18-19H2,1-4H3,(H,32,36)/t27-/m0/s1. The molecule has 0 unspecified atom stereocenters. The molecule has 0 aliphatic rings. The number of carbonyl (C=O) groups excluding carboxylic acids is 2. The summed E-state index contributed by atoms with van der Waals surface area (Å²) < 4.78 is 28.6. The number of hydrogen-bond acceptors (Lipinski definition) is 4. The van der Waals surface area contributed by atoms with Gasteiger partial charge in [-0.15, -0.1) is 0 Å². The summed E-state index contributed by atoms with van der Waals surface area (Å²) >= 11 is 12.4. The number of halogens is 2. The van der Waals surface area contributed by atoms with Crippen molar-refractivity contribution in [3.8, 4) is 0 Å². The van der Waals surface area contributed by atoms with E-state index in [1.165, 1.54) is 35.2 Å². The highest BCUT2D eigenvalue weighted by Crippen LogP contribution is 2.30. The number of anilines is 1. The van der Waals surface area contributed by atoms with Gasteiger partial charge in [-0.25, -0.2) is 8.42 Å². The van der Waals surface area contributed by atoms with Crippen molar-refractivity contribution < 1.29 is 18.0 Å². The number of rotatable bonds is 11. The van der Waals surface area contributed by atoms with Gasteiger partial charge < -0.3 is 10.2 Å². The molecule has 1 N–H and O–H groups in total. The monoisotopic (exact) mass is 589 g/mol. The fraction of sp³-hybridized carbons (Fsp3) is 0.310. The predicted molar refractivity (Wildman–Crippen MR) is 157 cm³/mol. The van der Waals surface area contributed by atoms with E-state index in [4.69, 9.17) is 23.2 Å². The molecule has 10 heteroatoms. The Morgan fingerprint density at radius 2 is 1.51 bits per heavy atom. The second-order valence-electron chi connectivity index (χ2n) is 9.55. The summed E-state index contributed by atoms with van der Waals surface area (Å²) in [6.07, 6.45) is 0.338. The van der Waals surface area contributed by atoms with Crippen LogP contribution < -0.4 is 9.62 Å².